The second-order valence-corrected chi connectivity index (χ2v) is 7.07. The Balaban J connectivity index is 0.000000309. The van der Waals surface area contributed by atoms with Crippen LogP contribution in [0, 0.1) is 11.6 Å². The van der Waals surface area contributed by atoms with E-state index in [0.717, 1.165) is 25.0 Å². The van der Waals surface area contributed by atoms with Crippen LogP contribution in [0.15, 0.2) is 43.5 Å². The summed E-state index contributed by atoms with van der Waals surface area (Å²) in [7, 11) is 0. The summed E-state index contributed by atoms with van der Waals surface area (Å²) in [5, 5.41) is 27.1. The van der Waals surface area contributed by atoms with Gasteiger partial charge >= 0.3 is 5.97 Å². The fraction of sp³-hybridized carbons (Fsp3) is 0.421. The van der Waals surface area contributed by atoms with E-state index in [9.17, 15) is 18.7 Å². The van der Waals surface area contributed by atoms with Crippen molar-refractivity contribution in [3.63, 3.8) is 0 Å². The lowest BCUT2D eigenvalue weighted by atomic mass is 9.93. The highest BCUT2D eigenvalue weighted by atomic mass is 19.1. The van der Waals surface area contributed by atoms with Gasteiger partial charge in [0.1, 0.15) is 48.6 Å². The van der Waals surface area contributed by atoms with Crippen LogP contribution < -0.4 is 11.5 Å². The molecule has 0 fully saturated rings. The number of halogens is 2. The van der Waals surface area contributed by atoms with E-state index in [1.165, 1.54) is 40.7 Å². The van der Waals surface area contributed by atoms with Gasteiger partial charge in [0.2, 0.25) is 0 Å². The third-order valence-electron chi connectivity index (χ3n) is 4.50. The van der Waals surface area contributed by atoms with Crippen molar-refractivity contribution in [3.05, 3.63) is 60.7 Å². The van der Waals surface area contributed by atoms with Crippen LogP contribution in [0.2, 0.25) is 0 Å². The average molecular weight is 452 g/mol. The van der Waals surface area contributed by atoms with E-state index in [0.29, 0.717) is 13.0 Å². The third-order valence-corrected chi connectivity index (χ3v) is 4.50. The second-order valence-electron chi connectivity index (χ2n) is 7.07. The van der Waals surface area contributed by atoms with Crippen LogP contribution in [0.4, 0.5) is 8.78 Å². The first-order chi connectivity index (χ1) is 15.2. The van der Waals surface area contributed by atoms with E-state index in [1.807, 2.05) is 0 Å². The summed E-state index contributed by atoms with van der Waals surface area (Å²) in [4.78, 5) is 17.7. The molecule has 0 amide bonds. The first-order valence-electron chi connectivity index (χ1n) is 9.76. The van der Waals surface area contributed by atoms with Crippen molar-refractivity contribution in [1.82, 2.24) is 29.5 Å². The molecule has 1 aromatic carbocycles. The van der Waals surface area contributed by atoms with E-state index >= 15 is 0 Å². The Morgan fingerprint density at radius 2 is 1.69 bits per heavy atom. The topological polar surface area (TPSA) is 171 Å². The molecule has 2 heterocycles. The zero-order valence-electron chi connectivity index (χ0n) is 17.3. The lowest BCUT2D eigenvalue weighted by Gasteiger charge is -2.28. The number of hydrogen-bond acceptors (Lipinski definition) is 8. The fourth-order valence-electron chi connectivity index (χ4n) is 2.88. The molecule has 0 saturated carbocycles. The Hall–Kier alpha value is -3.29. The zero-order chi connectivity index (χ0) is 23.6. The lowest BCUT2D eigenvalue weighted by Crippen LogP contribution is -2.37. The summed E-state index contributed by atoms with van der Waals surface area (Å²) in [6.07, 6.45) is 7.56. The molecule has 0 spiro atoms. The normalized spacial score (nSPS) is 12.2. The summed E-state index contributed by atoms with van der Waals surface area (Å²) < 4.78 is 29.9. The number of hydrogen-bond donors (Lipinski definition) is 4. The molecule has 3 aromatic rings. The SMILES string of the molecule is NCCCCC(N)C(=O)O.OC(Cn1cncn1)(Cn1cncn1)c1ccc(F)cc1F. The van der Waals surface area contributed by atoms with Crippen LogP contribution in [-0.2, 0) is 23.5 Å². The van der Waals surface area contributed by atoms with Gasteiger partial charge in [0.15, 0.2) is 0 Å². The first kappa shape index (κ1) is 25.0. The molecule has 0 radical (unpaired) electrons. The van der Waals surface area contributed by atoms with Crippen LogP contribution in [0.3, 0.4) is 0 Å². The van der Waals surface area contributed by atoms with E-state index in [2.05, 4.69) is 20.2 Å². The molecular formula is C19H26F2N8O3. The number of aromatic nitrogens is 6. The molecule has 1 atom stereocenters. The summed E-state index contributed by atoms with van der Waals surface area (Å²) in [5.74, 6) is -2.50. The minimum Gasteiger partial charge on any atom is -0.480 e. The molecule has 11 nitrogen and oxygen atoms in total. The van der Waals surface area contributed by atoms with Crippen LogP contribution in [-0.4, -0.2) is 58.3 Å². The molecule has 13 heteroatoms. The van der Waals surface area contributed by atoms with Gasteiger partial charge in [0, 0.05) is 11.6 Å². The Bertz CT molecular complexity index is 917. The van der Waals surface area contributed by atoms with Crippen LogP contribution in [0.5, 0.6) is 0 Å². The fourth-order valence-corrected chi connectivity index (χ4v) is 2.88. The molecule has 3 rings (SSSR count). The van der Waals surface area contributed by atoms with Gasteiger partial charge in [-0.1, -0.05) is 12.5 Å². The van der Waals surface area contributed by atoms with Crippen molar-refractivity contribution in [1.29, 1.82) is 0 Å². The predicted octanol–water partition coefficient (Wildman–Crippen LogP) is 0.263. The van der Waals surface area contributed by atoms with Gasteiger partial charge in [-0.25, -0.2) is 28.1 Å². The van der Waals surface area contributed by atoms with E-state index in [-0.39, 0.29) is 18.7 Å². The molecule has 1 unspecified atom stereocenters. The largest absolute Gasteiger partial charge is 0.480 e. The maximum atomic E-state index is 14.1. The smallest absolute Gasteiger partial charge is 0.320 e. The second kappa shape index (κ2) is 11.9. The van der Waals surface area contributed by atoms with Gasteiger partial charge in [-0.3, -0.25) is 4.79 Å². The van der Waals surface area contributed by atoms with Crippen molar-refractivity contribution in [2.75, 3.05) is 6.54 Å². The number of aliphatic carboxylic acids is 1. The van der Waals surface area contributed by atoms with E-state index < -0.39 is 29.2 Å². The van der Waals surface area contributed by atoms with Crippen LogP contribution in [0.1, 0.15) is 24.8 Å². The van der Waals surface area contributed by atoms with Crippen molar-refractivity contribution >= 4 is 5.97 Å². The quantitative estimate of drug-likeness (QED) is 0.315. The number of carbonyl (C=O) groups is 1. The van der Waals surface area contributed by atoms with E-state index in [1.54, 1.807) is 0 Å². The summed E-state index contributed by atoms with van der Waals surface area (Å²) >= 11 is 0. The van der Waals surface area contributed by atoms with Gasteiger partial charge in [0.05, 0.1) is 13.1 Å². The highest BCUT2D eigenvalue weighted by molar-refractivity contribution is 5.72. The van der Waals surface area contributed by atoms with Gasteiger partial charge in [-0.15, -0.1) is 0 Å². The highest BCUT2D eigenvalue weighted by Gasteiger charge is 2.34. The number of aliphatic hydroxyl groups is 1. The first-order valence-corrected chi connectivity index (χ1v) is 9.76. The summed E-state index contributed by atoms with van der Waals surface area (Å²) in [5.41, 5.74) is 8.67. The molecule has 32 heavy (non-hydrogen) atoms. The predicted molar refractivity (Wildman–Crippen MR) is 109 cm³/mol. The molecule has 0 bridgehead atoms. The molecular weight excluding hydrogens is 426 g/mol. The van der Waals surface area contributed by atoms with Gasteiger partial charge in [-0.2, -0.15) is 10.2 Å². The molecule has 0 saturated heterocycles. The summed E-state index contributed by atoms with van der Waals surface area (Å²) in [6, 6.07) is 2.31. The number of nitrogens with two attached hydrogens (primary N) is 2. The van der Waals surface area contributed by atoms with Crippen molar-refractivity contribution < 1.29 is 23.8 Å². The molecule has 2 aromatic heterocycles. The van der Waals surface area contributed by atoms with Crippen molar-refractivity contribution in [3.8, 4) is 0 Å². The van der Waals surface area contributed by atoms with Gasteiger partial charge in [0.25, 0.3) is 0 Å². The standard InChI is InChI=1S/C13H12F2N6O.C6H14N2O2/c14-10-1-2-11(12(15)3-10)13(22,4-20-8-16-6-18-20)5-21-9-17-7-19-21;7-4-2-1-3-5(8)6(9)10/h1-3,6-9,22H,4-5H2;5H,1-4,7-8H2,(H,9,10). The van der Waals surface area contributed by atoms with Crippen molar-refractivity contribution in [2.45, 2.75) is 44.0 Å². The maximum absolute atomic E-state index is 14.1. The summed E-state index contributed by atoms with van der Waals surface area (Å²) in [6.45, 7) is 0.456. The number of nitrogens with zero attached hydrogens (tertiary/aromatic N) is 6. The number of rotatable bonds is 10. The lowest BCUT2D eigenvalue weighted by molar-refractivity contribution is -0.138. The number of unbranched alkanes of at least 4 members (excludes halogenated alkanes) is 1. The van der Waals surface area contributed by atoms with Crippen molar-refractivity contribution in [2.24, 2.45) is 11.5 Å². The number of carboxylic acids is 1. The highest BCUT2D eigenvalue weighted by Crippen LogP contribution is 2.28. The van der Waals surface area contributed by atoms with Crippen LogP contribution >= 0.6 is 0 Å². The van der Waals surface area contributed by atoms with Crippen LogP contribution in [0.25, 0.3) is 0 Å². The molecule has 6 N–H and O–H groups in total. The van der Waals surface area contributed by atoms with Gasteiger partial charge < -0.3 is 21.7 Å². The average Bonchev–Trinajstić information content (AvgIpc) is 3.42. The minimum atomic E-state index is -1.70. The Labute approximate surface area is 182 Å². The molecule has 174 valence electrons. The third kappa shape index (κ3) is 7.44. The number of benzene rings is 1. The Morgan fingerprint density at radius 3 is 2.12 bits per heavy atom. The molecule has 0 aliphatic heterocycles. The molecule has 0 aliphatic carbocycles. The monoisotopic (exact) mass is 452 g/mol. The Morgan fingerprint density at radius 1 is 1.09 bits per heavy atom. The molecule has 0 aliphatic rings. The minimum absolute atomic E-state index is 0.0556. The zero-order valence-corrected chi connectivity index (χ0v) is 17.3. The Kier molecular flexibility index (Phi) is 9.31. The van der Waals surface area contributed by atoms with E-state index in [4.69, 9.17) is 16.6 Å². The number of carboxylic acid groups (broad SMARTS) is 1. The maximum Gasteiger partial charge on any atom is 0.320 e. The van der Waals surface area contributed by atoms with Gasteiger partial charge in [-0.05, 0) is 25.5 Å².